The predicted octanol–water partition coefficient (Wildman–Crippen LogP) is 1.53. The number of hydrogen-bond donors (Lipinski definition) is 2. The molecule has 0 spiro atoms. The van der Waals surface area contributed by atoms with Crippen molar-refractivity contribution in [3.05, 3.63) is 35.4 Å². The maximum atomic E-state index is 13.2. The standard InChI is InChI=1S/C15H19FN2O/c1-9(16)6-10-4-2-3-5-11(10)15(19)18-14-12-7-17-8-13(12)14/h2-5,9,12-14,17H,6-8H2,1H3,(H,18,19)/t9?,12-,13+,14?. The van der Waals surface area contributed by atoms with Crippen molar-refractivity contribution in [1.82, 2.24) is 10.6 Å². The Balaban J connectivity index is 1.69. The van der Waals surface area contributed by atoms with Gasteiger partial charge in [0.15, 0.2) is 0 Å². The van der Waals surface area contributed by atoms with Crippen LogP contribution in [0.2, 0.25) is 0 Å². The molecule has 3 rings (SSSR count). The first-order valence-corrected chi connectivity index (χ1v) is 6.90. The van der Waals surface area contributed by atoms with E-state index < -0.39 is 6.17 Å². The van der Waals surface area contributed by atoms with Gasteiger partial charge < -0.3 is 10.6 Å². The third-order valence-electron chi connectivity index (χ3n) is 4.15. The monoisotopic (exact) mass is 262 g/mol. The summed E-state index contributed by atoms with van der Waals surface area (Å²) in [6.45, 7) is 3.52. The maximum Gasteiger partial charge on any atom is 0.251 e. The molecule has 1 aliphatic heterocycles. The third-order valence-corrected chi connectivity index (χ3v) is 4.15. The lowest BCUT2D eigenvalue weighted by atomic mass is 10.0. The normalized spacial score (nSPS) is 29.7. The fraction of sp³-hybridized carbons (Fsp3) is 0.533. The number of piperidine rings is 1. The molecule has 0 radical (unpaired) electrons. The molecule has 3 nitrogen and oxygen atoms in total. The minimum atomic E-state index is -0.932. The van der Waals surface area contributed by atoms with E-state index in [-0.39, 0.29) is 5.91 Å². The van der Waals surface area contributed by atoms with Gasteiger partial charge in [0.2, 0.25) is 0 Å². The van der Waals surface area contributed by atoms with Crippen LogP contribution in [0.25, 0.3) is 0 Å². The van der Waals surface area contributed by atoms with Gasteiger partial charge in [-0.25, -0.2) is 4.39 Å². The molecule has 2 unspecified atom stereocenters. The molecule has 4 atom stereocenters. The highest BCUT2D eigenvalue weighted by Crippen LogP contribution is 2.41. The zero-order valence-electron chi connectivity index (χ0n) is 11.0. The number of alkyl halides is 1. The molecule has 2 N–H and O–H groups in total. The number of benzene rings is 1. The minimum absolute atomic E-state index is 0.0596. The summed E-state index contributed by atoms with van der Waals surface area (Å²) in [6.07, 6.45) is -0.638. The van der Waals surface area contributed by atoms with Gasteiger partial charge in [-0.1, -0.05) is 18.2 Å². The van der Waals surface area contributed by atoms with Crippen molar-refractivity contribution >= 4 is 5.91 Å². The molecule has 1 heterocycles. The van der Waals surface area contributed by atoms with Crippen LogP contribution in [0, 0.1) is 11.8 Å². The molecule has 1 saturated carbocycles. The first-order valence-electron chi connectivity index (χ1n) is 6.90. The fourth-order valence-electron chi connectivity index (χ4n) is 3.08. The van der Waals surface area contributed by atoms with Crippen molar-refractivity contribution in [3.8, 4) is 0 Å². The van der Waals surface area contributed by atoms with Crippen molar-refractivity contribution in [2.45, 2.75) is 25.6 Å². The number of amides is 1. The summed E-state index contributed by atoms with van der Waals surface area (Å²) in [5.74, 6) is 1.13. The second-order valence-corrected chi connectivity index (χ2v) is 5.63. The number of halogens is 1. The zero-order valence-corrected chi connectivity index (χ0v) is 11.0. The molecule has 1 aliphatic carbocycles. The minimum Gasteiger partial charge on any atom is -0.349 e. The van der Waals surface area contributed by atoms with Crippen LogP contribution in [0.4, 0.5) is 4.39 Å². The second-order valence-electron chi connectivity index (χ2n) is 5.63. The van der Waals surface area contributed by atoms with E-state index in [1.54, 1.807) is 6.07 Å². The predicted molar refractivity (Wildman–Crippen MR) is 71.8 cm³/mol. The average Bonchev–Trinajstić information content (AvgIpc) is 2.83. The van der Waals surface area contributed by atoms with Crippen LogP contribution >= 0.6 is 0 Å². The first-order chi connectivity index (χ1) is 9.16. The molecule has 102 valence electrons. The van der Waals surface area contributed by atoms with E-state index in [9.17, 15) is 9.18 Å². The van der Waals surface area contributed by atoms with Crippen molar-refractivity contribution in [2.24, 2.45) is 11.8 Å². The third kappa shape index (κ3) is 2.50. The number of hydrogen-bond acceptors (Lipinski definition) is 2. The lowest BCUT2D eigenvalue weighted by Gasteiger charge is -2.12. The lowest BCUT2D eigenvalue weighted by Crippen LogP contribution is -2.33. The van der Waals surface area contributed by atoms with Crippen molar-refractivity contribution < 1.29 is 9.18 Å². The van der Waals surface area contributed by atoms with Crippen molar-refractivity contribution in [2.75, 3.05) is 13.1 Å². The highest BCUT2D eigenvalue weighted by molar-refractivity contribution is 5.96. The van der Waals surface area contributed by atoms with Crippen LogP contribution in [0.3, 0.4) is 0 Å². The Labute approximate surface area is 112 Å². The largest absolute Gasteiger partial charge is 0.349 e. The Morgan fingerprint density at radius 1 is 1.42 bits per heavy atom. The molecule has 2 fully saturated rings. The lowest BCUT2D eigenvalue weighted by molar-refractivity contribution is 0.0945. The van der Waals surface area contributed by atoms with Crippen molar-refractivity contribution in [1.29, 1.82) is 0 Å². The van der Waals surface area contributed by atoms with Crippen LogP contribution in [0.1, 0.15) is 22.8 Å². The summed E-state index contributed by atoms with van der Waals surface area (Å²) in [7, 11) is 0. The van der Waals surface area contributed by atoms with Gasteiger partial charge in [0.25, 0.3) is 5.91 Å². The Kier molecular flexibility index (Phi) is 3.27. The van der Waals surface area contributed by atoms with Crippen LogP contribution in [0.5, 0.6) is 0 Å². The molecule has 0 aromatic heterocycles. The summed E-state index contributed by atoms with van der Waals surface area (Å²) in [6, 6.07) is 7.61. The van der Waals surface area contributed by atoms with E-state index >= 15 is 0 Å². The summed E-state index contributed by atoms with van der Waals surface area (Å²) in [5, 5.41) is 6.39. The molecule has 1 aromatic carbocycles. The summed E-state index contributed by atoms with van der Waals surface area (Å²) in [4.78, 5) is 12.3. The average molecular weight is 262 g/mol. The molecule has 19 heavy (non-hydrogen) atoms. The number of carbonyl (C=O) groups is 1. The second kappa shape index (κ2) is 4.93. The van der Waals surface area contributed by atoms with Crippen molar-refractivity contribution in [3.63, 3.8) is 0 Å². The highest BCUT2D eigenvalue weighted by Gasteiger charge is 2.53. The van der Waals surface area contributed by atoms with E-state index in [1.165, 1.54) is 6.92 Å². The van der Waals surface area contributed by atoms with Gasteiger partial charge in [-0.3, -0.25) is 4.79 Å². The van der Waals surface area contributed by atoms with E-state index in [4.69, 9.17) is 0 Å². The number of fused-ring (bicyclic) bond motifs is 1. The number of rotatable bonds is 4. The highest BCUT2D eigenvalue weighted by atomic mass is 19.1. The van der Waals surface area contributed by atoms with Gasteiger partial charge in [0.1, 0.15) is 6.17 Å². The van der Waals surface area contributed by atoms with E-state index in [2.05, 4.69) is 10.6 Å². The summed E-state index contributed by atoms with van der Waals surface area (Å²) in [5.41, 5.74) is 1.41. The van der Waals surface area contributed by atoms with Gasteiger partial charge in [0, 0.05) is 31.1 Å². The van der Waals surface area contributed by atoms with E-state index in [0.717, 1.165) is 18.7 Å². The van der Waals surface area contributed by atoms with Gasteiger partial charge in [0.05, 0.1) is 0 Å². The van der Waals surface area contributed by atoms with E-state index in [0.29, 0.717) is 29.9 Å². The quantitative estimate of drug-likeness (QED) is 0.864. The molecule has 2 aliphatic rings. The van der Waals surface area contributed by atoms with Gasteiger partial charge in [-0.05, 0) is 30.4 Å². The molecular formula is C15H19FN2O. The Hall–Kier alpha value is -1.42. The molecular weight excluding hydrogens is 243 g/mol. The smallest absolute Gasteiger partial charge is 0.251 e. The van der Waals surface area contributed by atoms with Crippen LogP contribution in [-0.4, -0.2) is 31.2 Å². The fourth-order valence-corrected chi connectivity index (χ4v) is 3.08. The Morgan fingerprint density at radius 3 is 2.79 bits per heavy atom. The summed E-state index contributed by atoms with van der Waals surface area (Å²) >= 11 is 0. The molecule has 4 heteroatoms. The van der Waals surface area contributed by atoms with Gasteiger partial charge >= 0.3 is 0 Å². The maximum absolute atomic E-state index is 13.2. The Bertz CT molecular complexity index is 479. The van der Waals surface area contributed by atoms with Crippen LogP contribution in [-0.2, 0) is 6.42 Å². The summed E-state index contributed by atoms with van der Waals surface area (Å²) < 4.78 is 13.2. The molecule has 1 aromatic rings. The Morgan fingerprint density at radius 2 is 2.11 bits per heavy atom. The molecule has 1 amide bonds. The SMILES string of the molecule is CC(F)Cc1ccccc1C(=O)NC1[C@H]2CNC[C@@H]12. The van der Waals surface area contributed by atoms with Crippen LogP contribution < -0.4 is 10.6 Å². The first kappa shape index (κ1) is 12.6. The molecule has 0 bridgehead atoms. The zero-order chi connectivity index (χ0) is 13.4. The number of carbonyl (C=O) groups excluding carboxylic acids is 1. The van der Waals surface area contributed by atoms with Crippen LogP contribution in [0.15, 0.2) is 24.3 Å². The van der Waals surface area contributed by atoms with Gasteiger partial charge in [-0.15, -0.1) is 0 Å². The van der Waals surface area contributed by atoms with E-state index in [1.807, 2.05) is 18.2 Å². The topological polar surface area (TPSA) is 41.1 Å². The number of nitrogens with one attached hydrogen (secondary N) is 2. The van der Waals surface area contributed by atoms with Gasteiger partial charge in [-0.2, -0.15) is 0 Å². The molecule has 1 saturated heterocycles.